The molecule has 0 aliphatic heterocycles. The van der Waals surface area contributed by atoms with Crippen molar-refractivity contribution in [1.29, 1.82) is 0 Å². The molecule has 10 heteroatoms. The minimum atomic E-state index is -4.80. The van der Waals surface area contributed by atoms with E-state index in [9.17, 15) is 19.3 Å². The summed E-state index contributed by atoms with van der Waals surface area (Å²) in [5.74, 6) is -1.04. The smallest absolute Gasteiger partial charge is 0.462 e. The van der Waals surface area contributed by atoms with Crippen molar-refractivity contribution in [3.8, 4) is 0 Å². The Kier molecular flexibility index (Phi) is 36.6. The number of rotatable bonds is 35. The number of aliphatic hydroxyl groups excluding tert-OH is 1. The van der Waals surface area contributed by atoms with Crippen molar-refractivity contribution in [1.82, 2.24) is 0 Å². The molecule has 0 amide bonds. The predicted molar refractivity (Wildman–Crippen MR) is 226 cm³/mol. The first-order valence-electron chi connectivity index (χ1n) is 20.3. The van der Waals surface area contributed by atoms with Crippen LogP contribution in [0.25, 0.3) is 0 Å². The number of carbonyl (C=O) groups excluding carboxylic acids is 2. The Labute approximate surface area is 332 Å². The summed E-state index contributed by atoms with van der Waals surface area (Å²) in [5, 5.41) is 10.0. The maximum absolute atomic E-state index is 12.4. The molecule has 0 aromatic rings. The predicted octanol–water partition coefficient (Wildman–Crippen LogP) is 11.4. The fraction of sp³-hybridized carbons (Fsp3) is 0.556. The first kappa shape index (κ1) is 51.7. The molecule has 310 valence electrons. The lowest BCUT2D eigenvalue weighted by Gasteiger charge is -2.18. The van der Waals surface area contributed by atoms with Crippen molar-refractivity contribution < 1.29 is 43.0 Å². The fourth-order valence-electron chi connectivity index (χ4n) is 4.82. The normalized spacial score (nSPS) is 14.2. The molecule has 0 spiro atoms. The van der Waals surface area contributed by atoms with Gasteiger partial charge in [0.1, 0.15) is 6.61 Å². The molecule has 0 rings (SSSR count). The molecule has 55 heavy (non-hydrogen) atoms. The van der Waals surface area contributed by atoms with Crippen LogP contribution in [0.1, 0.15) is 136 Å². The molecule has 0 aliphatic carbocycles. The van der Waals surface area contributed by atoms with Gasteiger partial charge in [0.2, 0.25) is 0 Å². The second kappa shape index (κ2) is 38.9. The molecule has 0 saturated carbocycles. The maximum atomic E-state index is 12.4. The third kappa shape index (κ3) is 41.7. The second-order valence-electron chi connectivity index (χ2n) is 13.1. The summed E-state index contributed by atoms with van der Waals surface area (Å²) in [5.41, 5.74) is 0. The van der Waals surface area contributed by atoms with Crippen molar-refractivity contribution in [2.24, 2.45) is 0 Å². The van der Waals surface area contributed by atoms with Crippen LogP contribution in [0.2, 0.25) is 0 Å². The number of esters is 2. The van der Waals surface area contributed by atoms with Gasteiger partial charge in [-0.1, -0.05) is 142 Å². The van der Waals surface area contributed by atoms with E-state index >= 15 is 0 Å². The van der Waals surface area contributed by atoms with Gasteiger partial charge in [-0.05, 0) is 89.9 Å². The summed E-state index contributed by atoms with van der Waals surface area (Å²) < 4.78 is 26.3. The van der Waals surface area contributed by atoms with E-state index < -0.39 is 38.6 Å². The molecule has 3 N–H and O–H groups in total. The molecule has 0 aromatic carbocycles. The second-order valence-corrected chi connectivity index (χ2v) is 14.3. The average molecular weight is 787 g/mol. The van der Waals surface area contributed by atoms with Crippen LogP contribution in [0, 0.1) is 0 Å². The third-order valence-electron chi connectivity index (χ3n) is 7.86. The summed E-state index contributed by atoms with van der Waals surface area (Å²) in [7, 11) is -4.80. The van der Waals surface area contributed by atoms with Gasteiger partial charge in [0, 0.05) is 12.8 Å². The van der Waals surface area contributed by atoms with Crippen LogP contribution in [-0.2, 0) is 28.2 Å². The standard InChI is InChI=1S/C45H71O9P/c1-3-5-7-9-11-12-13-14-15-16-17-18-19-20-21-22-26-31-35-39-45(48)54-43(41-53-55(49,50)51)40-52-44(47)38-34-30-27-23-25-29-33-37-42(46)36-32-28-24-10-8-6-4-2/h5,7,11-12,14-15,17-18,20-21,23-24,27-29,32-33,36,42-43,46H,3-4,6,8-10,13,16,19,22,25-26,30-31,34-35,37-41H2,1-2H3,(H2,49,50,51)/b7-5-,12-11-,15-14-,18-17-,21-20-,27-23+,28-24-,33-29-,36-32-/t42-,43-/m1/s1. The lowest BCUT2D eigenvalue weighted by Crippen LogP contribution is -2.29. The highest BCUT2D eigenvalue weighted by Crippen LogP contribution is 2.36. The number of phosphoric ester groups is 1. The van der Waals surface area contributed by atoms with Crippen molar-refractivity contribution in [3.63, 3.8) is 0 Å². The molecular formula is C45H71O9P. The molecule has 0 heterocycles. The lowest BCUT2D eigenvalue weighted by atomic mass is 10.1. The van der Waals surface area contributed by atoms with E-state index in [1.165, 1.54) is 19.3 Å². The highest BCUT2D eigenvalue weighted by molar-refractivity contribution is 7.46. The van der Waals surface area contributed by atoms with Crippen molar-refractivity contribution >= 4 is 19.8 Å². The molecule has 0 aliphatic rings. The fourth-order valence-corrected chi connectivity index (χ4v) is 5.18. The van der Waals surface area contributed by atoms with Gasteiger partial charge in [0.25, 0.3) is 0 Å². The Bertz CT molecular complexity index is 1270. The molecule has 2 atom stereocenters. The van der Waals surface area contributed by atoms with Gasteiger partial charge in [0.05, 0.1) is 12.7 Å². The van der Waals surface area contributed by atoms with Gasteiger partial charge in [-0.15, -0.1) is 0 Å². The van der Waals surface area contributed by atoms with E-state index in [4.69, 9.17) is 19.3 Å². The van der Waals surface area contributed by atoms with E-state index in [1.807, 2.05) is 36.5 Å². The highest BCUT2D eigenvalue weighted by Gasteiger charge is 2.22. The SMILES string of the molecule is CC/C=C\C/C=C\C/C=C\C/C=C\C/C=C\CCCCCC(=O)O[C@H](COC(=O)CCC/C=C/C/C=C\C[C@H](O)/C=C\C=C/CCCCC)COP(=O)(O)O. The average Bonchev–Trinajstić information content (AvgIpc) is 3.15. The molecule has 9 nitrogen and oxygen atoms in total. The van der Waals surface area contributed by atoms with E-state index in [0.29, 0.717) is 25.7 Å². The Morgan fingerprint density at radius 3 is 1.71 bits per heavy atom. The monoisotopic (exact) mass is 786 g/mol. The summed E-state index contributed by atoms with van der Waals surface area (Å²) in [4.78, 5) is 42.8. The Balaban J connectivity index is 4.19. The largest absolute Gasteiger partial charge is 0.469 e. The molecule has 0 bridgehead atoms. The Morgan fingerprint density at radius 1 is 0.582 bits per heavy atom. The minimum absolute atomic E-state index is 0.141. The molecule has 0 saturated heterocycles. The maximum Gasteiger partial charge on any atom is 0.469 e. The van der Waals surface area contributed by atoms with Gasteiger partial charge in [-0.2, -0.15) is 0 Å². The Hall–Kier alpha value is -3.33. The zero-order chi connectivity index (χ0) is 40.5. The number of unbranched alkanes of at least 4 members (excludes halogenated alkanes) is 7. The number of aliphatic hydroxyl groups is 1. The minimum Gasteiger partial charge on any atom is -0.462 e. The quantitative estimate of drug-likeness (QED) is 0.0188. The summed E-state index contributed by atoms with van der Waals surface area (Å²) in [6.45, 7) is 3.37. The van der Waals surface area contributed by atoms with Crippen LogP contribution in [0.15, 0.2) is 109 Å². The van der Waals surface area contributed by atoms with Crippen molar-refractivity contribution in [2.45, 2.75) is 148 Å². The van der Waals surface area contributed by atoms with E-state index in [1.54, 1.807) is 6.08 Å². The van der Waals surface area contributed by atoms with Crippen molar-refractivity contribution in [2.75, 3.05) is 13.2 Å². The first-order chi connectivity index (χ1) is 26.7. The van der Waals surface area contributed by atoms with Gasteiger partial charge >= 0.3 is 19.8 Å². The number of hydrogen-bond acceptors (Lipinski definition) is 7. The Morgan fingerprint density at radius 2 is 1.11 bits per heavy atom. The van der Waals surface area contributed by atoms with Crippen LogP contribution in [0.5, 0.6) is 0 Å². The number of carbonyl (C=O) groups is 2. The molecule has 0 unspecified atom stereocenters. The molecule has 0 aromatic heterocycles. The molecular weight excluding hydrogens is 715 g/mol. The van der Waals surface area contributed by atoms with E-state index in [2.05, 4.69) is 85.2 Å². The topological polar surface area (TPSA) is 140 Å². The summed E-state index contributed by atoms with van der Waals surface area (Å²) in [6, 6.07) is 0. The number of phosphoric acid groups is 1. The van der Waals surface area contributed by atoms with Crippen LogP contribution >= 0.6 is 7.82 Å². The third-order valence-corrected chi connectivity index (χ3v) is 8.34. The van der Waals surface area contributed by atoms with Gasteiger partial charge in [-0.25, -0.2) is 4.57 Å². The first-order valence-corrected chi connectivity index (χ1v) is 21.8. The van der Waals surface area contributed by atoms with Crippen molar-refractivity contribution in [3.05, 3.63) is 109 Å². The molecule has 0 fully saturated rings. The van der Waals surface area contributed by atoms with Gasteiger partial charge in [0.15, 0.2) is 6.10 Å². The number of hydrogen-bond donors (Lipinski definition) is 3. The number of allylic oxidation sites excluding steroid dienone is 16. The van der Waals surface area contributed by atoms with Gasteiger partial charge in [-0.3, -0.25) is 14.1 Å². The molecule has 0 radical (unpaired) electrons. The van der Waals surface area contributed by atoms with Crippen LogP contribution in [0.3, 0.4) is 0 Å². The van der Waals surface area contributed by atoms with E-state index in [-0.39, 0.29) is 19.4 Å². The van der Waals surface area contributed by atoms with Crippen LogP contribution in [0.4, 0.5) is 0 Å². The lowest BCUT2D eigenvalue weighted by molar-refractivity contribution is -0.161. The van der Waals surface area contributed by atoms with Crippen LogP contribution < -0.4 is 0 Å². The van der Waals surface area contributed by atoms with Crippen LogP contribution in [-0.4, -0.2) is 52.3 Å². The highest BCUT2D eigenvalue weighted by atomic mass is 31.2. The summed E-state index contributed by atoms with van der Waals surface area (Å²) >= 11 is 0. The zero-order valence-corrected chi connectivity index (χ0v) is 34.5. The number of ether oxygens (including phenoxy) is 2. The van der Waals surface area contributed by atoms with E-state index in [0.717, 1.165) is 64.2 Å². The summed E-state index contributed by atoms with van der Waals surface area (Å²) in [6.07, 6.45) is 51.2. The zero-order valence-electron chi connectivity index (χ0n) is 33.6. The van der Waals surface area contributed by atoms with Gasteiger partial charge < -0.3 is 24.4 Å².